The average molecular weight is 217 g/mol. The summed E-state index contributed by atoms with van der Waals surface area (Å²) in [6, 6.07) is 4.22. The van der Waals surface area contributed by atoms with Gasteiger partial charge in [-0.15, -0.1) is 0 Å². The van der Waals surface area contributed by atoms with Crippen LogP contribution in [0.25, 0.3) is 5.65 Å². The summed E-state index contributed by atoms with van der Waals surface area (Å²) in [4.78, 5) is 4.44. The van der Waals surface area contributed by atoms with Crippen LogP contribution in [0.1, 0.15) is 37.7 Å². The molecule has 2 aromatic rings. The van der Waals surface area contributed by atoms with E-state index in [4.69, 9.17) is 5.73 Å². The number of nitrogen functional groups attached to an aromatic ring is 1. The van der Waals surface area contributed by atoms with Gasteiger partial charge >= 0.3 is 0 Å². The highest BCUT2D eigenvalue weighted by atomic mass is 15.1. The lowest BCUT2D eigenvalue weighted by Gasteiger charge is -2.20. The first-order chi connectivity index (χ1) is 7.30. The Morgan fingerprint density at radius 3 is 2.38 bits per heavy atom. The number of nitrogens with two attached hydrogens (primary N) is 1. The van der Waals surface area contributed by atoms with Crippen molar-refractivity contribution in [3.05, 3.63) is 29.1 Å². The van der Waals surface area contributed by atoms with Crippen LogP contribution >= 0.6 is 0 Å². The minimum Gasteiger partial charge on any atom is -0.382 e. The first-order valence-corrected chi connectivity index (χ1v) is 5.56. The molecule has 0 saturated carbocycles. The van der Waals surface area contributed by atoms with Crippen LogP contribution in [0.15, 0.2) is 12.1 Å². The van der Waals surface area contributed by atoms with Crippen molar-refractivity contribution in [2.75, 3.05) is 5.73 Å². The SMILES string of the molecule is Cc1cc(C)n2c(C(C)(C)C)c(N)nc2c1. The van der Waals surface area contributed by atoms with E-state index in [1.165, 1.54) is 11.3 Å². The van der Waals surface area contributed by atoms with Gasteiger partial charge in [-0.3, -0.25) is 4.40 Å². The van der Waals surface area contributed by atoms with Crippen molar-refractivity contribution in [2.45, 2.75) is 40.0 Å². The fourth-order valence-corrected chi connectivity index (χ4v) is 2.27. The molecule has 2 aromatic heterocycles. The smallest absolute Gasteiger partial charge is 0.146 e. The molecular weight excluding hydrogens is 198 g/mol. The van der Waals surface area contributed by atoms with Crippen LogP contribution < -0.4 is 5.73 Å². The number of aromatic nitrogens is 2. The predicted molar refractivity (Wildman–Crippen MR) is 67.8 cm³/mol. The molecule has 2 rings (SSSR count). The maximum absolute atomic E-state index is 6.03. The van der Waals surface area contributed by atoms with Crippen molar-refractivity contribution in [3.8, 4) is 0 Å². The third-order valence-corrected chi connectivity index (χ3v) is 2.79. The second-order valence-corrected chi connectivity index (χ2v) is 5.46. The molecule has 0 aliphatic rings. The highest BCUT2D eigenvalue weighted by molar-refractivity contribution is 5.56. The Balaban J connectivity index is 2.90. The highest BCUT2D eigenvalue weighted by Crippen LogP contribution is 2.29. The molecular formula is C13H19N3. The maximum Gasteiger partial charge on any atom is 0.146 e. The molecule has 16 heavy (non-hydrogen) atoms. The number of anilines is 1. The van der Waals surface area contributed by atoms with E-state index >= 15 is 0 Å². The summed E-state index contributed by atoms with van der Waals surface area (Å²) >= 11 is 0. The number of hydrogen-bond donors (Lipinski definition) is 1. The second-order valence-electron chi connectivity index (χ2n) is 5.46. The third-order valence-electron chi connectivity index (χ3n) is 2.79. The lowest BCUT2D eigenvalue weighted by atomic mass is 9.92. The van der Waals surface area contributed by atoms with Crippen molar-refractivity contribution in [2.24, 2.45) is 0 Å². The van der Waals surface area contributed by atoms with E-state index in [1.54, 1.807) is 0 Å². The molecule has 0 atom stereocenters. The number of fused-ring (bicyclic) bond motifs is 1. The first kappa shape index (κ1) is 11.0. The van der Waals surface area contributed by atoms with Gasteiger partial charge in [0.25, 0.3) is 0 Å². The Kier molecular flexibility index (Phi) is 2.22. The molecule has 0 bridgehead atoms. The van der Waals surface area contributed by atoms with E-state index in [9.17, 15) is 0 Å². The summed E-state index contributed by atoms with van der Waals surface area (Å²) in [5, 5.41) is 0. The van der Waals surface area contributed by atoms with Crippen LogP contribution in [0.4, 0.5) is 5.82 Å². The topological polar surface area (TPSA) is 43.3 Å². The molecule has 86 valence electrons. The molecule has 0 aliphatic carbocycles. The van der Waals surface area contributed by atoms with Crippen LogP contribution in [-0.2, 0) is 5.41 Å². The van der Waals surface area contributed by atoms with Gasteiger partial charge in [0.1, 0.15) is 11.5 Å². The molecule has 0 saturated heterocycles. The predicted octanol–water partition coefficient (Wildman–Crippen LogP) is 2.83. The zero-order valence-electron chi connectivity index (χ0n) is 10.6. The molecule has 2 N–H and O–H groups in total. The van der Waals surface area contributed by atoms with Gasteiger partial charge in [0, 0.05) is 11.1 Å². The summed E-state index contributed by atoms with van der Waals surface area (Å²) in [6.07, 6.45) is 0. The average Bonchev–Trinajstić information content (AvgIpc) is 2.39. The molecule has 0 radical (unpaired) electrons. The minimum atomic E-state index is 0.00349. The highest BCUT2D eigenvalue weighted by Gasteiger charge is 2.23. The third kappa shape index (κ3) is 1.56. The lowest BCUT2D eigenvalue weighted by molar-refractivity contribution is 0.564. The molecule has 0 unspecified atom stereocenters. The van der Waals surface area contributed by atoms with Gasteiger partial charge in [-0.05, 0) is 31.5 Å². The van der Waals surface area contributed by atoms with Crippen LogP contribution in [0.5, 0.6) is 0 Å². The van der Waals surface area contributed by atoms with Crippen molar-refractivity contribution >= 4 is 11.5 Å². The Hall–Kier alpha value is -1.51. The molecule has 0 aromatic carbocycles. The van der Waals surface area contributed by atoms with Crippen molar-refractivity contribution in [1.82, 2.24) is 9.38 Å². The summed E-state index contributed by atoms with van der Waals surface area (Å²) in [5.74, 6) is 0.640. The van der Waals surface area contributed by atoms with Gasteiger partial charge in [-0.25, -0.2) is 4.98 Å². The quantitative estimate of drug-likeness (QED) is 0.737. The normalized spacial score (nSPS) is 12.3. The molecule has 0 amide bonds. The molecule has 0 spiro atoms. The monoisotopic (exact) mass is 217 g/mol. The van der Waals surface area contributed by atoms with Gasteiger partial charge in [0.15, 0.2) is 0 Å². The van der Waals surface area contributed by atoms with Gasteiger partial charge in [-0.2, -0.15) is 0 Å². The second kappa shape index (κ2) is 3.24. The number of nitrogens with zero attached hydrogens (tertiary/aromatic N) is 2. The molecule has 3 heteroatoms. The molecule has 3 nitrogen and oxygen atoms in total. The van der Waals surface area contributed by atoms with Crippen LogP contribution in [-0.4, -0.2) is 9.38 Å². The van der Waals surface area contributed by atoms with Crippen molar-refractivity contribution < 1.29 is 0 Å². The standard InChI is InChI=1S/C13H19N3/c1-8-6-9(2)16-10(7-8)15-12(14)11(16)13(3,4)5/h6-7H,14H2,1-5H3. The Labute approximate surface area is 96.3 Å². The van der Waals surface area contributed by atoms with Gasteiger partial charge in [0.05, 0.1) is 5.69 Å². The fraction of sp³-hybridized carbons (Fsp3) is 0.462. The minimum absolute atomic E-state index is 0.00349. The van der Waals surface area contributed by atoms with E-state index in [0.717, 1.165) is 11.3 Å². The van der Waals surface area contributed by atoms with Crippen LogP contribution in [0.2, 0.25) is 0 Å². The Morgan fingerprint density at radius 2 is 1.81 bits per heavy atom. The molecule has 0 fully saturated rings. The summed E-state index contributed by atoms with van der Waals surface area (Å²) in [5.41, 5.74) is 10.5. The largest absolute Gasteiger partial charge is 0.382 e. The van der Waals surface area contributed by atoms with E-state index in [0.29, 0.717) is 5.82 Å². The Morgan fingerprint density at radius 1 is 1.19 bits per heavy atom. The lowest BCUT2D eigenvalue weighted by Crippen LogP contribution is -2.17. The summed E-state index contributed by atoms with van der Waals surface area (Å²) < 4.78 is 2.16. The van der Waals surface area contributed by atoms with Gasteiger partial charge in [0.2, 0.25) is 0 Å². The zero-order valence-corrected chi connectivity index (χ0v) is 10.6. The summed E-state index contributed by atoms with van der Waals surface area (Å²) in [6.45, 7) is 10.6. The van der Waals surface area contributed by atoms with E-state index in [1.807, 2.05) is 0 Å². The van der Waals surface area contributed by atoms with E-state index in [2.05, 4.69) is 56.1 Å². The van der Waals surface area contributed by atoms with Crippen molar-refractivity contribution in [1.29, 1.82) is 0 Å². The van der Waals surface area contributed by atoms with Crippen molar-refractivity contribution in [3.63, 3.8) is 0 Å². The number of rotatable bonds is 0. The Bertz CT molecular complexity index is 544. The molecule has 0 aliphatic heterocycles. The van der Waals surface area contributed by atoms with E-state index < -0.39 is 0 Å². The first-order valence-electron chi connectivity index (χ1n) is 5.56. The molecule has 2 heterocycles. The maximum atomic E-state index is 6.03. The summed E-state index contributed by atoms with van der Waals surface area (Å²) in [7, 11) is 0. The van der Waals surface area contributed by atoms with Gasteiger partial charge in [-0.1, -0.05) is 20.8 Å². The van der Waals surface area contributed by atoms with Crippen LogP contribution in [0, 0.1) is 13.8 Å². The van der Waals surface area contributed by atoms with Crippen LogP contribution in [0.3, 0.4) is 0 Å². The van der Waals surface area contributed by atoms with E-state index in [-0.39, 0.29) is 5.41 Å². The number of aryl methyl sites for hydroxylation is 2. The number of pyridine rings is 1. The van der Waals surface area contributed by atoms with Gasteiger partial charge < -0.3 is 5.73 Å². The zero-order chi connectivity index (χ0) is 12.1. The number of imidazole rings is 1. The fourth-order valence-electron chi connectivity index (χ4n) is 2.27. The number of hydrogen-bond acceptors (Lipinski definition) is 2.